The first-order valence-corrected chi connectivity index (χ1v) is 14.2. The number of aromatic amines is 1. The number of nitrogens with two attached hydrogens (primary N) is 1. The van der Waals surface area contributed by atoms with Crippen LogP contribution in [-0.2, 0) is 32.0 Å². The van der Waals surface area contributed by atoms with Crippen LogP contribution in [-0.4, -0.2) is 81.7 Å². The van der Waals surface area contributed by atoms with Crippen LogP contribution in [0.25, 0.3) is 10.9 Å². The number of carbonyl (C=O) groups is 4. The SMILES string of the molecule is CSCCC(N)C(=O)NC(Cc1ccccc1)C(=O)NC(CO)C(=O)NC(Cc1c[nH]c2ccccc12)C(=O)O. The summed E-state index contributed by atoms with van der Waals surface area (Å²) in [5.74, 6) is -2.70. The highest BCUT2D eigenvalue weighted by molar-refractivity contribution is 7.98. The molecular weight excluding hydrogens is 534 g/mol. The zero-order valence-electron chi connectivity index (χ0n) is 22.1. The van der Waals surface area contributed by atoms with Crippen molar-refractivity contribution in [3.05, 3.63) is 71.9 Å². The largest absolute Gasteiger partial charge is 0.480 e. The minimum Gasteiger partial charge on any atom is -0.480 e. The van der Waals surface area contributed by atoms with E-state index in [4.69, 9.17) is 5.73 Å². The number of para-hydroxylation sites is 1. The van der Waals surface area contributed by atoms with Gasteiger partial charge >= 0.3 is 5.97 Å². The Bertz CT molecular complexity index is 1300. The molecule has 0 aliphatic rings. The number of amides is 3. The third-order valence-corrected chi connectivity index (χ3v) is 7.06. The van der Waals surface area contributed by atoms with Gasteiger partial charge in [0.15, 0.2) is 0 Å². The van der Waals surface area contributed by atoms with Crippen LogP contribution in [0.1, 0.15) is 17.5 Å². The third-order valence-electron chi connectivity index (χ3n) is 6.41. The smallest absolute Gasteiger partial charge is 0.326 e. The molecule has 0 saturated carbocycles. The molecule has 1 heterocycles. The molecule has 3 amide bonds. The molecular formula is C28H35N5O6S. The van der Waals surface area contributed by atoms with E-state index in [0.29, 0.717) is 17.7 Å². The Kier molecular flexibility index (Phi) is 11.5. The lowest BCUT2D eigenvalue weighted by Crippen LogP contribution is -2.58. The Morgan fingerprint density at radius 2 is 1.50 bits per heavy atom. The molecule has 214 valence electrons. The van der Waals surface area contributed by atoms with Crippen LogP contribution < -0.4 is 21.7 Å². The molecule has 8 N–H and O–H groups in total. The van der Waals surface area contributed by atoms with Gasteiger partial charge in [-0.05, 0) is 35.6 Å². The van der Waals surface area contributed by atoms with E-state index in [9.17, 15) is 29.4 Å². The van der Waals surface area contributed by atoms with E-state index in [1.807, 2.05) is 36.6 Å². The number of hydrogen-bond acceptors (Lipinski definition) is 7. The standard InChI is InChI=1S/C28H35N5O6S/c1-40-12-11-20(29)25(35)31-22(13-17-7-3-2-4-8-17)26(36)33-24(16-34)27(37)32-23(28(38)39)14-18-15-30-21-10-6-5-9-19(18)21/h2-10,15,20,22-24,30,34H,11-14,16,29H2,1H3,(H,31,35)(H,32,37)(H,33,36)(H,38,39). The fourth-order valence-corrected chi connectivity index (χ4v) is 4.66. The molecule has 11 nitrogen and oxygen atoms in total. The van der Waals surface area contributed by atoms with Crippen molar-refractivity contribution in [1.29, 1.82) is 0 Å². The predicted octanol–water partition coefficient (Wildman–Crippen LogP) is 0.565. The van der Waals surface area contributed by atoms with Gasteiger partial charge in [0.1, 0.15) is 18.1 Å². The van der Waals surface area contributed by atoms with E-state index in [1.165, 1.54) is 0 Å². The maximum Gasteiger partial charge on any atom is 0.326 e. The van der Waals surface area contributed by atoms with Gasteiger partial charge in [-0.3, -0.25) is 14.4 Å². The van der Waals surface area contributed by atoms with E-state index in [-0.39, 0.29) is 12.8 Å². The van der Waals surface area contributed by atoms with Crippen LogP contribution in [0.4, 0.5) is 0 Å². The first kappa shape index (κ1) is 30.7. The topological polar surface area (TPSA) is 187 Å². The summed E-state index contributed by atoms with van der Waals surface area (Å²) in [5, 5.41) is 28.0. The van der Waals surface area contributed by atoms with Gasteiger partial charge in [0.25, 0.3) is 0 Å². The number of carbonyl (C=O) groups excluding carboxylic acids is 3. The number of carboxylic acid groups (broad SMARTS) is 1. The van der Waals surface area contributed by atoms with Gasteiger partial charge < -0.3 is 36.9 Å². The van der Waals surface area contributed by atoms with Crippen molar-refractivity contribution in [2.45, 2.75) is 43.4 Å². The second-order valence-electron chi connectivity index (χ2n) is 9.35. The van der Waals surface area contributed by atoms with Crippen LogP contribution in [0.5, 0.6) is 0 Å². The third kappa shape index (κ3) is 8.57. The van der Waals surface area contributed by atoms with E-state index < -0.39 is 54.5 Å². The Morgan fingerprint density at radius 3 is 2.17 bits per heavy atom. The summed E-state index contributed by atoms with van der Waals surface area (Å²) in [6, 6.07) is 11.7. The molecule has 12 heteroatoms. The first-order chi connectivity index (χ1) is 19.2. The van der Waals surface area contributed by atoms with Crippen LogP contribution in [0.2, 0.25) is 0 Å². The molecule has 4 unspecified atom stereocenters. The van der Waals surface area contributed by atoms with Gasteiger partial charge in [0.2, 0.25) is 17.7 Å². The number of hydrogen-bond donors (Lipinski definition) is 7. The number of carboxylic acids is 1. The Morgan fingerprint density at radius 1 is 0.875 bits per heavy atom. The molecule has 0 aliphatic heterocycles. The van der Waals surface area contributed by atoms with Crippen LogP contribution in [0, 0.1) is 0 Å². The summed E-state index contributed by atoms with van der Waals surface area (Å²) in [6.45, 7) is -0.782. The quantitative estimate of drug-likeness (QED) is 0.138. The van der Waals surface area contributed by atoms with Crippen LogP contribution >= 0.6 is 11.8 Å². The minimum absolute atomic E-state index is 0.0161. The summed E-state index contributed by atoms with van der Waals surface area (Å²) in [4.78, 5) is 53.9. The number of benzene rings is 2. The van der Waals surface area contributed by atoms with Gasteiger partial charge in [-0.1, -0.05) is 48.5 Å². The van der Waals surface area contributed by atoms with Crippen molar-refractivity contribution in [3.8, 4) is 0 Å². The number of aliphatic hydroxyl groups excluding tert-OH is 1. The van der Waals surface area contributed by atoms with E-state index in [2.05, 4.69) is 20.9 Å². The summed E-state index contributed by atoms with van der Waals surface area (Å²) in [5.41, 5.74) is 8.25. The molecule has 4 atom stereocenters. The molecule has 0 bridgehead atoms. The maximum absolute atomic E-state index is 13.2. The number of H-pyrrole nitrogens is 1. The number of fused-ring (bicyclic) bond motifs is 1. The summed E-state index contributed by atoms with van der Waals surface area (Å²) in [7, 11) is 0. The Labute approximate surface area is 236 Å². The molecule has 3 rings (SSSR count). The molecule has 40 heavy (non-hydrogen) atoms. The number of nitrogens with one attached hydrogen (secondary N) is 4. The number of aromatic nitrogens is 1. The van der Waals surface area contributed by atoms with Gasteiger partial charge in [-0.25, -0.2) is 4.79 Å². The lowest BCUT2D eigenvalue weighted by atomic mass is 10.0. The average molecular weight is 570 g/mol. The van der Waals surface area contributed by atoms with E-state index in [0.717, 1.165) is 16.5 Å². The first-order valence-electron chi connectivity index (χ1n) is 12.8. The predicted molar refractivity (Wildman–Crippen MR) is 154 cm³/mol. The number of rotatable bonds is 15. The highest BCUT2D eigenvalue weighted by Gasteiger charge is 2.30. The monoisotopic (exact) mass is 569 g/mol. The van der Waals surface area contributed by atoms with Crippen LogP contribution in [0.15, 0.2) is 60.8 Å². The van der Waals surface area contributed by atoms with Crippen molar-refractivity contribution in [3.63, 3.8) is 0 Å². The van der Waals surface area contributed by atoms with Crippen molar-refractivity contribution >= 4 is 46.4 Å². The second kappa shape index (κ2) is 15.1. The highest BCUT2D eigenvalue weighted by atomic mass is 32.2. The lowest BCUT2D eigenvalue weighted by Gasteiger charge is -2.24. The van der Waals surface area contributed by atoms with E-state index >= 15 is 0 Å². The molecule has 0 fully saturated rings. The summed E-state index contributed by atoms with van der Waals surface area (Å²) in [6.07, 6.45) is 4.09. The zero-order chi connectivity index (χ0) is 29.1. The molecule has 0 saturated heterocycles. The summed E-state index contributed by atoms with van der Waals surface area (Å²) >= 11 is 1.54. The molecule has 0 aliphatic carbocycles. The Hall–Kier alpha value is -3.87. The average Bonchev–Trinajstić information content (AvgIpc) is 3.36. The highest BCUT2D eigenvalue weighted by Crippen LogP contribution is 2.19. The van der Waals surface area contributed by atoms with Crippen molar-refractivity contribution in [2.24, 2.45) is 5.73 Å². The van der Waals surface area contributed by atoms with Crippen molar-refractivity contribution in [2.75, 3.05) is 18.6 Å². The summed E-state index contributed by atoms with van der Waals surface area (Å²) < 4.78 is 0. The van der Waals surface area contributed by atoms with Gasteiger partial charge in [0.05, 0.1) is 12.6 Å². The maximum atomic E-state index is 13.2. The normalized spacial score (nSPS) is 14.1. The second-order valence-corrected chi connectivity index (χ2v) is 10.3. The molecule has 3 aromatic rings. The lowest BCUT2D eigenvalue weighted by molar-refractivity contribution is -0.142. The zero-order valence-corrected chi connectivity index (χ0v) is 22.9. The molecule has 0 spiro atoms. The Balaban J connectivity index is 1.70. The number of aliphatic carboxylic acids is 1. The van der Waals surface area contributed by atoms with E-state index in [1.54, 1.807) is 42.2 Å². The fourth-order valence-electron chi connectivity index (χ4n) is 4.17. The molecule has 2 aromatic carbocycles. The van der Waals surface area contributed by atoms with Crippen LogP contribution in [0.3, 0.4) is 0 Å². The molecule has 0 radical (unpaired) electrons. The fraction of sp³-hybridized carbons (Fsp3) is 0.357. The van der Waals surface area contributed by atoms with Gasteiger partial charge in [-0.2, -0.15) is 11.8 Å². The van der Waals surface area contributed by atoms with Gasteiger partial charge in [-0.15, -0.1) is 0 Å². The minimum atomic E-state index is -1.45. The number of thioether (sulfide) groups is 1. The van der Waals surface area contributed by atoms with Crippen molar-refractivity contribution in [1.82, 2.24) is 20.9 Å². The van der Waals surface area contributed by atoms with Crippen molar-refractivity contribution < 1.29 is 29.4 Å². The molecule has 1 aromatic heterocycles. The number of aliphatic hydroxyl groups is 1. The van der Waals surface area contributed by atoms with Gasteiger partial charge in [0, 0.05) is 29.9 Å².